The number of anilines is 1. The lowest BCUT2D eigenvalue weighted by Gasteiger charge is -2.29. The number of amides is 1. The van der Waals surface area contributed by atoms with E-state index in [9.17, 15) is 13.2 Å². The van der Waals surface area contributed by atoms with Gasteiger partial charge in [0, 0.05) is 24.5 Å². The maximum absolute atomic E-state index is 12.7. The van der Waals surface area contributed by atoms with Crippen LogP contribution >= 0.6 is 11.3 Å². The number of aryl methyl sites for hydroxylation is 1. The summed E-state index contributed by atoms with van der Waals surface area (Å²) in [5.41, 5.74) is 0. The molecule has 0 aliphatic carbocycles. The topological polar surface area (TPSA) is 92.5 Å². The Morgan fingerprint density at radius 2 is 2.25 bits per heavy atom. The highest BCUT2D eigenvalue weighted by Crippen LogP contribution is 2.27. The van der Waals surface area contributed by atoms with Crippen LogP contribution in [0.5, 0.6) is 0 Å². The monoisotopic (exact) mass is 369 g/mol. The Bertz CT molecular complexity index is 841. The summed E-state index contributed by atoms with van der Waals surface area (Å²) in [4.78, 5) is 12.7. The van der Waals surface area contributed by atoms with E-state index in [-0.39, 0.29) is 4.90 Å². The number of carbonyl (C=O) groups excluding carboxylic acids is 1. The Hall–Kier alpha value is -1.71. The van der Waals surface area contributed by atoms with Crippen molar-refractivity contribution in [2.45, 2.75) is 31.6 Å². The second-order valence-corrected chi connectivity index (χ2v) is 8.88. The molecule has 3 heterocycles. The fraction of sp³-hybridized carbons (Fsp3) is 0.467. The first-order valence-electron chi connectivity index (χ1n) is 7.69. The zero-order chi connectivity index (χ0) is 17.3. The molecule has 0 aromatic carbocycles. The fourth-order valence-electron chi connectivity index (χ4n) is 2.69. The van der Waals surface area contributed by atoms with Crippen LogP contribution in [-0.2, 0) is 10.0 Å². The zero-order valence-electron chi connectivity index (χ0n) is 13.5. The van der Waals surface area contributed by atoms with Crippen LogP contribution < -0.4 is 5.32 Å². The summed E-state index contributed by atoms with van der Waals surface area (Å²) in [6.45, 7) is 4.83. The molecule has 0 bridgehead atoms. The second-order valence-electron chi connectivity index (χ2n) is 6.03. The second kappa shape index (κ2) is 6.66. The summed E-state index contributed by atoms with van der Waals surface area (Å²) in [7, 11) is -3.55. The molecule has 2 aromatic heterocycles. The van der Waals surface area contributed by atoms with Gasteiger partial charge in [-0.25, -0.2) is 8.42 Å². The van der Waals surface area contributed by atoms with Crippen LogP contribution in [0, 0.1) is 12.8 Å². The van der Waals surface area contributed by atoms with E-state index in [1.807, 2.05) is 6.92 Å². The Labute approximate surface area is 144 Å². The zero-order valence-corrected chi connectivity index (χ0v) is 15.1. The molecule has 24 heavy (non-hydrogen) atoms. The molecule has 1 amide bonds. The molecule has 1 aliphatic heterocycles. The number of hydrogen-bond donors (Lipinski definition) is 1. The average Bonchev–Trinajstić information content (AvgIpc) is 3.17. The molecule has 7 nitrogen and oxygen atoms in total. The minimum absolute atomic E-state index is 0.170. The number of carbonyl (C=O) groups is 1. The first-order chi connectivity index (χ1) is 11.4. The fourth-order valence-corrected chi connectivity index (χ4v) is 5.44. The molecule has 1 fully saturated rings. The highest BCUT2D eigenvalue weighted by atomic mass is 32.2. The SMILES string of the molecule is Cc1cc(NC(=O)c2cc(S(=O)(=O)N3CCC[C@@H](C)C3)cs2)no1. The average molecular weight is 369 g/mol. The van der Waals surface area contributed by atoms with Crippen molar-refractivity contribution in [1.29, 1.82) is 0 Å². The molecular weight excluding hydrogens is 350 g/mol. The maximum atomic E-state index is 12.7. The molecule has 1 aliphatic rings. The van der Waals surface area contributed by atoms with Gasteiger partial charge in [0.15, 0.2) is 5.82 Å². The smallest absolute Gasteiger partial charge is 0.267 e. The van der Waals surface area contributed by atoms with Gasteiger partial charge in [-0.05, 0) is 31.7 Å². The Morgan fingerprint density at radius 1 is 1.46 bits per heavy atom. The predicted octanol–water partition coefficient (Wildman–Crippen LogP) is 2.72. The first kappa shape index (κ1) is 17.1. The molecule has 2 aromatic rings. The molecule has 1 atom stereocenters. The van der Waals surface area contributed by atoms with E-state index >= 15 is 0 Å². The van der Waals surface area contributed by atoms with Crippen molar-refractivity contribution in [1.82, 2.24) is 9.46 Å². The van der Waals surface area contributed by atoms with E-state index in [0.717, 1.165) is 24.2 Å². The minimum Gasteiger partial charge on any atom is -0.360 e. The van der Waals surface area contributed by atoms with E-state index < -0.39 is 15.9 Å². The van der Waals surface area contributed by atoms with Crippen molar-refractivity contribution in [3.8, 4) is 0 Å². The molecule has 0 spiro atoms. The van der Waals surface area contributed by atoms with Gasteiger partial charge >= 0.3 is 0 Å². The van der Waals surface area contributed by atoms with Gasteiger partial charge in [0.25, 0.3) is 5.91 Å². The molecule has 0 saturated carbocycles. The lowest BCUT2D eigenvalue weighted by atomic mass is 10.0. The molecule has 0 radical (unpaired) electrons. The summed E-state index contributed by atoms with van der Waals surface area (Å²) >= 11 is 1.10. The maximum Gasteiger partial charge on any atom is 0.267 e. The Morgan fingerprint density at radius 3 is 2.92 bits per heavy atom. The third kappa shape index (κ3) is 3.52. The van der Waals surface area contributed by atoms with E-state index in [2.05, 4.69) is 10.5 Å². The molecule has 1 saturated heterocycles. The summed E-state index contributed by atoms with van der Waals surface area (Å²) < 4.78 is 31.8. The van der Waals surface area contributed by atoms with Crippen LogP contribution in [0.1, 0.15) is 35.2 Å². The van der Waals surface area contributed by atoms with Crippen LogP contribution in [0.25, 0.3) is 0 Å². The third-order valence-corrected chi connectivity index (χ3v) is 6.85. The standard InChI is InChI=1S/C15H19N3O4S2/c1-10-4-3-5-18(8-10)24(20,21)12-7-13(23-9-12)15(19)16-14-6-11(2)22-17-14/h6-7,9-10H,3-5,8H2,1-2H3,(H,16,17,19)/t10-/m1/s1. The molecule has 9 heteroatoms. The summed E-state index contributed by atoms with van der Waals surface area (Å²) in [6, 6.07) is 3.01. The van der Waals surface area contributed by atoms with Gasteiger partial charge < -0.3 is 9.84 Å². The van der Waals surface area contributed by atoms with Crippen molar-refractivity contribution >= 4 is 33.1 Å². The van der Waals surface area contributed by atoms with Crippen molar-refractivity contribution in [3.05, 3.63) is 28.2 Å². The van der Waals surface area contributed by atoms with Gasteiger partial charge in [-0.1, -0.05) is 12.1 Å². The van der Waals surface area contributed by atoms with E-state index in [0.29, 0.717) is 35.5 Å². The largest absolute Gasteiger partial charge is 0.360 e. The molecule has 0 unspecified atom stereocenters. The van der Waals surface area contributed by atoms with Crippen molar-refractivity contribution in [3.63, 3.8) is 0 Å². The highest BCUT2D eigenvalue weighted by molar-refractivity contribution is 7.89. The van der Waals surface area contributed by atoms with Gasteiger partial charge in [0.05, 0.1) is 9.77 Å². The number of nitrogens with zero attached hydrogens (tertiary/aromatic N) is 2. The van der Waals surface area contributed by atoms with Crippen LogP contribution in [0.2, 0.25) is 0 Å². The van der Waals surface area contributed by atoms with Crippen molar-refractivity contribution < 1.29 is 17.7 Å². The lowest BCUT2D eigenvalue weighted by Crippen LogP contribution is -2.38. The van der Waals surface area contributed by atoms with Gasteiger partial charge in [-0.3, -0.25) is 4.79 Å². The minimum atomic E-state index is -3.55. The lowest BCUT2D eigenvalue weighted by molar-refractivity contribution is 0.102. The number of rotatable bonds is 4. The molecular formula is C15H19N3O4S2. The van der Waals surface area contributed by atoms with E-state index in [4.69, 9.17) is 4.52 Å². The van der Waals surface area contributed by atoms with Gasteiger partial charge in [-0.2, -0.15) is 4.31 Å². The quantitative estimate of drug-likeness (QED) is 0.894. The van der Waals surface area contributed by atoms with Crippen molar-refractivity contribution in [2.24, 2.45) is 5.92 Å². The Kier molecular flexibility index (Phi) is 4.75. The Balaban J connectivity index is 1.75. The predicted molar refractivity (Wildman–Crippen MR) is 90.7 cm³/mol. The van der Waals surface area contributed by atoms with Gasteiger partial charge in [0.2, 0.25) is 10.0 Å². The number of sulfonamides is 1. The molecule has 130 valence electrons. The molecule has 1 N–H and O–H groups in total. The van der Waals surface area contributed by atoms with Crippen LogP contribution in [-0.4, -0.2) is 36.9 Å². The summed E-state index contributed by atoms with van der Waals surface area (Å²) in [5, 5.41) is 7.79. The van der Waals surface area contributed by atoms with Crippen molar-refractivity contribution in [2.75, 3.05) is 18.4 Å². The van der Waals surface area contributed by atoms with Crippen LogP contribution in [0.3, 0.4) is 0 Å². The third-order valence-electron chi connectivity index (χ3n) is 3.93. The van der Waals surface area contributed by atoms with Crippen LogP contribution in [0.4, 0.5) is 5.82 Å². The van der Waals surface area contributed by atoms with Gasteiger partial charge in [-0.15, -0.1) is 11.3 Å². The number of nitrogens with one attached hydrogen (secondary N) is 1. The first-order valence-corrected chi connectivity index (χ1v) is 10.0. The number of hydrogen-bond acceptors (Lipinski definition) is 6. The summed E-state index contributed by atoms with van der Waals surface area (Å²) in [5.74, 6) is 0.839. The normalized spacial score (nSPS) is 19.3. The van der Waals surface area contributed by atoms with E-state index in [1.165, 1.54) is 15.8 Å². The number of aromatic nitrogens is 1. The van der Waals surface area contributed by atoms with Crippen LogP contribution in [0.15, 0.2) is 26.9 Å². The van der Waals surface area contributed by atoms with E-state index in [1.54, 1.807) is 13.0 Å². The summed E-state index contributed by atoms with van der Waals surface area (Å²) in [6.07, 6.45) is 1.91. The number of thiophene rings is 1. The number of piperidine rings is 1. The molecule has 3 rings (SSSR count). The highest BCUT2D eigenvalue weighted by Gasteiger charge is 2.30. The van der Waals surface area contributed by atoms with Gasteiger partial charge in [0.1, 0.15) is 5.76 Å².